The third-order valence-electron chi connectivity index (χ3n) is 3.71. The van der Waals surface area contributed by atoms with Crippen LogP contribution in [0.25, 0.3) is 0 Å². The van der Waals surface area contributed by atoms with Gasteiger partial charge in [-0.3, -0.25) is 4.55 Å². The maximum absolute atomic E-state index is 11.0. The van der Waals surface area contributed by atoms with E-state index in [1.54, 1.807) is 6.92 Å². The molecule has 0 spiro atoms. The van der Waals surface area contributed by atoms with Crippen LogP contribution >= 0.6 is 0 Å². The van der Waals surface area contributed by atoms with E-state index < -0.39 is 22.2 Å². The van der Waals surface area contributed by atoms with E-state index in [9.17, 15) is 8.42 Å². The van der Waals surface area contributed by atoms with Gasteiger partial charge in [-0.25, -0.2) is 0 Å². The molecule has 0 radical (unpaired) electrons. The predicted octanol–water partition coefficient (Wildman–Crippen LogP) is 3.57. The summed E-state index contributed by atoms with van der Waals surface area (Å²) in [6, 6.07) is 7.58. The van der Waals surface area contributed by atoms with Gasteiger partial charge in [0.15, 0.2) is 0 Å². The molecule has 1 aromatic rings. The minimum atomic E-state index is -4.15. The van der Waals surface area contributed by atoms with E-state index in [-0.39, 0.29) is 29.6 Å². The van der Waals surface area contributed by atoms with Crippen molar-refractivity contribution in [2.75, 3.05) is 12.4 Å². The van der Waals surface area contributed by atoms with Gasteiger partial charge < -0.3 is 9.47 Å². The van der Waals surface area contributed by atoms with Crippen LogP contribution in [0.1, 0.15) is 57.9 Å². The Hall–Kier alpha value is -0.110. The number of hydrogen-bond acceptors (Lipinski definition) is 4. The first kappa shape index (κ1) is 24.9. The number of aryl methyl sites for hydroxylation is 1. The predicted molar refractivity (Wildman–Crippen MR) is 103 cm³/mol. The van der Waals surface area contributed by atoms with Crippen molar-refractivity contribution in [2.45, 2.75) is 65.1 Å². The van der Waals surface area contributed by atoms with Crippen LogP contribution in [0.3, 0.4) is 0 Å². The molecule has 0 heterocycles. The van der Waals surface area contributed by atoms with Gasteiger partial charge >= 0.3 is 29.6 Å². The first-order chi connectivity index (χ1) is 11.4. The van der Waals surface area contributed by atoms with E-state index in [4.69, 9.17) is 14.0 Å². The topological polar surface area (TPSA) is 72.8 Å². The standard InChI is InChI=1S/C18H30O5S.Na.H/c1-3-5-6-7-8-9-10-16-11-13-17(14-12-16)23-18(22-4-2)15-24(19,20)21;;/h11-14,18H,3-10,15H2,1-2H3,(H,19,20,21);;. The van der Waals surface area contributed by atoms with Crippen molar-refractivity contribution in [2.24, 2.45) is 0 Å². The van der Waals surface area contributed by atoms with Gasteiger partial charge in [-0.1, -0.05) is 51.2 Å². The average molecular weight is 382 g/mol. The molecule has 1 N–H and O–H groups in total. The minimum absolute atomic E-state index is 0. The van der Waals surface area contributed by atoms with Crippen molar-refractivity contribution >= 4 is 39.7 Å². The Morgan fingerprint density at radius 1 is 1.00 bits per heavy atom. The third kappa shape index (κ3) is 12.8. The van der Waals surface area contributed by atoms with Crippen LogP contribution in [0, 0.1) is 0 Å². The van der Waals surface area contributed by atoms with Gasteiger partial charge in [0.05, 0.1) is 0 Å². The molecule has 0 saturated carbocycles. The Morgan fingerprint density at radius 3 is 2.16 bits per heavy atom. The molecule has 1 aromatic carbocycles. The second kappa shape index (κ2) is 14.0. The zero-order valence-electron chi connectivity index (χ0n) is 14.7. The molecule has 7 heteroatoms. The number of unbranched alkanes of at least 4 members (excludes halogenated alkanes) is 5. The van der Waals surface area contributed by atoms with Gasteiger partial charge in [-0.2, -0.15) is 8.42 Å². The Balaban J connectivity index is 0.00000576. The van der Waals surface area contributed by atoms with Crippen molar-refractivity contribution in [3.05, 3.63) is 29.8 Å². The van der Waals surface area contributed by atoms with E-state index >= 15 is 0 Å². The summed E-state index contributed by atoms with van der Waals surface area (Å²) in [7, 11) is -4.15. The normalized spacial score (nSPS) is 12.4. The molecule has 0 bridgehead atoms. The molecule has 140 valence electrons. The molecule has 1 unspecified atom stereocenters. The van der Waals surface area contributed by atoms with Gasteiger partial charge in [0, 0.05) is 6.61 Å². The van der Waals surface area contributed by atoms with Gasteiger partial charge in [0.1, 0.15) is 11.5 Å². The van der Waals surface area contributed by atoms with Crippen molar-refractivity contribution in [3.63, 3.8) is 0 Å². The fourth-order valence-electron chi connectivity index (χ4n) is 2.47. The first-order valence-corrected chi connectivity index (χ1v) is 10.4. The van der Waals surface area contributed by atoms with Crippen LogP contribution in [0.2, 0.25) is 0 Å². The molecule has 25 heavy (non-hydrogen) atoms. The molecule has 0 aliphatic carbocycles. The molecule has 0 aromatic heterocycles. The summed E-state index contributed by atoms with van der Waals surface area (Å²) in [5.74, 6) is -0.0517. The second-order valence-corrected chi connectivity index (χ2v) is 7.41. The summed E-state index contributed by atoms with van der Waals surface area (Å²) in [4.78, 5) is 0. The maximum atomic E-state index is 11.0. The molecule has 0 aliphatic rings. The zero-order chi connectivity index (χ0) is 17.8. The summed E-state index contributed by atoms with van der Waals surface area (Å²) in [6.45, 7) is 4.26. The second-order valence-electron chi connectivity index (χ2n) is 5.91. The molecular weight excluding hydrogens is 351 g/mol. The monoisotopic (exact) mass is 382 g/mol. The van der Waals surface area contributed by atoms with Crippen LogP contribution in [0.15, 0.2) is 24.3 Å². The number of hydrogen-bond donors (Lipinski definition) is 1. The summed E-state index contributed by atoms with van der Waals surface area (Å²) in [5.41, 5.74) is 1.24. The number of rotatable bonds is 13. The Labute approximate surface area is 174 Å². The third-order valence-corrected chi connectivity index (χ3v) is 4.40. The molecule has 0 fully saturated rings. The van der Waals surface area contributed by atoms with E-state index in [2.05, 4.69) is 6.92 Å². The summed E-state index contributed by atoms with van der Waals surface area (Å²) in [6.07, 6.45) is 7.64. The number of ether oxygens (including phenoxy) is 2. The van der Waals surface area contributed by atoms with Gasteiger partial charge in [0.2, 0.25) is 6.29 Å². The fourth-order valence-corrected chi connectivity index (χ4v) is 2.98. The Bertz CT molecular complexity index is 545. The Kier molecular flexibility index (Phi) is 13.9. The summed E-state index contributed by atoms with van der Waals surface area (Å²) >= 11 is 0. The van der Waals surface area contributed by atoms with Gasteiger partial charge in [0.25, 0.3) is 10.1 Å². The molecule has 1 rings (SSSR count). The summed E-state index contributed by atoms with van der Waals surface area (Å²) in [5, 5.41) is 0. The van der Waals surface area contributed by atoms with Crippen molar-refractivity contribution in [3.8, 4) is 5.75 Å². The van der Waals surface area contributed by atoms with Gasteiger partial charge in [-0.05, 0) is 37.5 Å². The van der Waals surface area contributed by atoms with Crippen LogP contribution < -0.4 is 4.74 Å². The van der Waals surface area contributed by atoms with Crippen LogP contribution in [-0.2, 0) is 21.3 Å². The van der Waals surface area contributed by atoms with Crippen molar-refractivity contribution in [1.29, 1.82) is 0 Å². The fraction of sp³-hybridized carbons (Fsp3) is 0.667. The molecule has 5 nitrogen and oxygen atoms in total. The molecule has 0 saturated heterocycles. The van der Waals surface area contributed by atoms with E-state index in [0.29, 0.717) is 12.4 Å². The number of benzene rings is 1. The van der Waals surface area contributed by atoms with Crippen LogP contribution in [-0.4, -0.2) is 61.2 Å². The van der Waals surface area contributed by atoms with E-state index in [1.165, 1.54) is 44.1 Å². The molecular formula is C18H31NaO5S. The molecule has 1 atom stereocenters. The SMILES string of the molecule is CCCCCCCCc1ccc(OC(CS(=O)(=O)O)OCC)cc1.[NaH]. The molecule has 0 aliphatic heterocycles. The quantitative estimate of drug-likeness (QED) is 0.244. The van der Waals surface area contributed by atoms with Gasteiger partial charge in [-0.15, -0.1) is 0 Å². The van der Waals surface area contributed by atoms with Crippen LogP contribution in [0.5, 0.6) is 5.75 Å². The van der Waals surface area contributed by atoms with E-state index in [0.717, 1.165) is 6.42 Å². The average Bonchev–Trinajstić information content (AvgIpc) is 2.51. The Morgan fingerprint density at radius 2 is 1.60 bits per heavy atom. The van der Waals surface area contributed by atoms with Crippen molar-refractivity contribution < 1.29 is 22.4 Å². The van der Waals surface area contributed by atoms with E-state index in [1.807, 2.05) is 24.3 Å². The first-order valence-electron chi connectivity index (χ1n) is 8.77. The van der Waals surface area contributed by atoms with Crippen molar-refractivity contribution in [1.82, 2.24) is 0 Å². The van der Waals surface area contributed by atoms with Crippen LogP contribution in [0.4, 0.5) is 0 Å². The molecule has 0 amide bonds. The zero-order valence-corrected chi connectivity index (χ0v) is 15.6. The summed E-state index contributed by atoms with van der Waals surface area (Å²) < 4.78 is 41.6.